The molecular weight excluding hydrogens is 474 g/mol. The van der Waals surface area contributed by atoms with Gasteiger partial charge in [0.15, 0.2) is 11.5 Å². The van der Waals surface area contributed by atoms with E-state index in [2.05, 4.69) is 20.4 Å². The average molecular weight is 496 g/mol. The second kappa shape index (κ2) is 11.0. The van der Waals surface area contributed by atoms with Crippen LogP contribution in [0.1, 0.15) is 24.0 Å². The van der Waals surface area contributed by atoms with Gasteiger partial charge in [-0.05, 0) is 42.7 Å². The van der Waals surface area contributed by atoms with Gasteiger partial charge < -0.3 is 14.4 Å². The van der Waals surface area contributed by atoms with Crippen LogP contribution < -0.4 is 19.7 Å². The largest absolute Gasteiger partial charge is 0.493 e. The first-order valence-electron chi connectivity index (χ1n) is 10.6. The van der Waals surface area contributed by atoms with E-state index in [9.17, 15) is 10.1 Å². The Morgan fingerprint density at radius 3 is 2.76 bits per heavy atom. The van der Waals surface area contributed by atoms with Gasteiger partial charge in [-0.3, -0.25) is 10.1 Å². The van der Waals surface area contributed by atoms with E-state index in [-0.39, 0.29) is 12.2 Å². The molecule has 174 valence electrons. The van der Waals surface area contributed by atoms with Crippen molar-refractivity contribution in [2.45, 2.75) is 19.4 Å². The van der Waals surface area contributed by atoms with E-state index in [1.807, 2.05) is 24.3 Å². The Bertz CT molecular complexity index is 1250. The molecule has 1 aliphatic rings. The fourth-order valence-corrected chi connectivity index (χ4v) is 4.43. The van der Waals surface area contributed by atoms with Crippen molar-refractivity contribution in [3.63, 3.8) is 0 Å². The van der Waals surface area contributed by atoms with Gasteiger partial charge in [0.25, 0.3) is 5.91 Å². The summed E-state index contributed by atoms with van der Waals surface area (Å²) in [5, 5.41) is 22.1. The third-order valence-electron chi connectivity index (χ3n) is 5.22. The van der Waals surface area contributed by atoms with Gasteiger partial charge in [0.2, 0.25) is 10.3 Å². The number of carbonyl (C=O) groups is 1. The summed E-state index contributed by atoms with van der Waals surface area (Å²) < 4.78 is 11.3. The fraction of sp³-hybridized carbons (Fsp3) is 0.250. The van der Waals surface area contributed by atoms with Gasteiger partial charge in [0.05, 0.1) is 7.11 Å². The van der Waals surface area contributed by atoms with Crippen LogP contribution in [0.5, 0.6) is 11.5 Å². The van der Waals surface area contributed by atoms with Crippen molar-refractivity contribution in [2.24, 2.45) is 0 Å². The van der Waals surface area contributed by atoms with Crippen LogP contribution in [0.3, 0.4) is 0 Å². The number of aromatic nitrogens is 2. The highest BCUT2D eigenvalue weighted by atomic mass is 35.5. The lowest BCUT2D eigenvalue weighted by atomic mass is 10.1. The Kier molecular flexibility index (Phi) is 7.62. The van der Waals surface area contributed by atoms with Gasteiger partial charge in [0, 0.05) is 23.7 Å². The van der Waals surface area contributed by atoms with Gasteiger partial charge in [-0.1, -0.05) is 47.2 Å². The molecule has 2 heterocycles. The number of nitrogens with one attached hydrogen (secondary N) is 1. The topological polar surface area (TPSA) is 100 Å². The molecule has 2 aromatic carbocycles. The molecule has 0 aliphatic carbocycles. The first-order valence-corrected chi connectivity index (χ1v) is 11.8. The SMILES string of the molecule is COc1cc(/C=C(/C#N)C(=O)Nc2nnc(N3CCCC3)s2)ccc1OCc1ccccc1Cl. The number of methoxy groups -OCH3 is 1. The predicted molar refractivity (Wildman–Crippen MR) is 132 cm³/mol. The third kappa shape index (κ3) is 5.65. The van der Waals surface area contributed by atoms with Crippen molar-refractivity contribution in [2.75, 3.05) is 30.4 Å². The van der Waals surface area contributed by atoms with Crippen LogP contribution in [0.15, 0.2) is 48.0 Å². The minimum absolute atomic E-state index is 0.0651. The van der Waals surface area contributed by atoms with Crippen molar-refractivity contribution in [1.82, 2.24) is 10.2 Å². The zero-order valence-electron chi connectivity index (χ0n) is 18.5. The Labute approximate surface area is 206 Å². The normalized spacial score (nSPS) is 13.4. The Morgan fingerprint density at radius 2 is 2.03 bits per heavy atom. The minimum atomic E-state index is -0.551. The number of anilines is 2. The van der Waals surface area contributed by atoms with Crippen LogP contribution in [-0.4, -0.2) is 36.3 Å². The highest BCUT2D eigenvalue weighted by molar-refractivity contribution is 7.19. The van der Waals surface area contributed by atoms with Crippen LogP contribution >= 0.6 is 22.9 Å². The molecule has 0 saturated carbocycles. The summed E-state index contributed by atoms with van der Waals surface area (Å²) in [6, 6.07) is 14.5. The monoisotopic (exact) mass is 495 g/mol. The molecule has 1 N–H and O–H groups in total. The minimum Gasteiger partial charge on any atom is -0.493 e. The molecular formula is C24H22ClN5O3S. The summed E-state index contributed by atoms with van der Waals surface area (Å²) >= 11 is 7.48. The van der Waals surface area contributed by atoms with Gasteiger partial charge in [-0.15, -0.1) is 10.2 Å². The van der Waals surface area contributed by atoms with Crippen LogP contribution in [-0.2, 0) is 11.4 Å². The molecule has 0 unspecified atom stereocenters. The number of carbonyl (C=O) groups excluding carboxylic acids is 1. The smallest absolute Gasteiger partial charge is 0.268 e. The first-order chi connectivity index (χ1) is 16.6. The molecule has 1 fully saturated rings. The maximum Gasteiger partial charge on any atom is 0.268 e. The molecule has 1 aliphatic heterocycles. The second-order valence-electron chi connectivity index (χ2n) is 7.50. The van der Waals surface area contributed by atoms with Crippen molar-refractivity contribution in [3.8, 4) is 17.6 Å². The lowest BCUT2D eigenvalue weighted by molar-refractivity contribution is -0.112. The van der Waals surface area contributed by atoms with Gasteiger partial charge >= 0.3 is 0 Å². The quantitative estimate of drug-likeness (QED) is 0.349. The number of nitrogens with zero attached hydrogens (tertiary/aromatic N) is 4. The molecule has 0 spiro atoms. The molecule has 34 heavy (non-hydrogen) atoms. The van der Waals surface area contributed by atoms with E-state index in [1.165, 1.54) is 24.5 Å². The first kappa shape index (κ1) is 23.5. The number of halogens is 1. The van der Waals surface area contributed by atoms with Crippen LogP contribution in [0.25, 0.3) is 6.08 Å². The summed E-state index contributed by atoms with van der Waals surface area (Å²) in [5.74, 6) is 0.438. The van der Waals surface area contributed by atoms with E-state index in [1.54, 1.807) is 24.3 Å². The van der Waals surface area contributed by atoms with Gasteiger partial charge in [-0.2, -0.15) is 5.26 Å². The Balaban J connectivity index is 1.45. The van der Waals surface area contributed by atoms with Gasteiger partial charge in [0.1, 0.15) is 18.2 Å². The van der Waals surface area contributed by atoms with Crippen LogP contribution in [0, 0.1) is 11.3 Å². The standard InChI is InChI=1S/C24H22ClN5O3S/c1-32-21-13-16(8-9-20(21)33-15-17-6-2-3-7-19(17)25)12-18(14-26)22(31)27-23-28-29-24(34-23)30-10-4-5-11-30/h2-3,6-9,12-13H,4-5,10-11,15H2,1H3,(H,27,28,31)/b18-12-. The predicted octanol–water partition coefficient (Wildman–Crippen LogP) is 4.92. The van der Waals surface area contributed by atoms with Gasteiger partial charge in [-0.25, -0.2) is 0 Å². The molecule has 1 saturated heterocycles. The lowest BCUT2D eigenvalue weighted by Crippen LogP contribution is -2.17. The molecule has 0 radical (unpaired) electrons. The highest BCUT2D eigenvalue weighted by Crippen LogP contribution is 2.31. The molecule has 8 nitrogen and oxygen atoms in total. The number of rotatable bonds is 8. The highest BCUT2D eigenvalue weighted by Gasteiger charge is 2.19. The van der Waals surface area contributed by atoms with E-state index in [0.717, 1.165) is 36.6 Å². The van der Waals surface area contributed by atoms with Crippen LogP contribution in [0.4, 0.5) is 10.3 Å². The lowest BCUT2D eigenvalue weighted by Gasteiger charge is -2.12. The van der Waals surface area contributed by atoms with E-state index < -0.39 is 5.91 Å². The zero-order chi connectivity index (χ0) is 23.9. The summed E-state index contributed by atoms with van der Waals surface area (Å²) in [5.41, 5.74) is 1.40. The average Bonchev–Trinajstić information content (AvgIpc) is 3.54. The Hall–Kier alpha value is -3.61. The number of nitriles is 1. The van der Waals surface area contributed by atoms with E-state index >= 15 is 0 Å². The van der Waals surface area contributed by atoms with Crippen molar-refractivity contribution in [3.05, 3.63) is 64.2 Å². The molecule has 4 rings (SSSR count). The molecule has 10 heteroatoms. The molecule has 1 amide bonds. The molecule has 1 aromatic heterocycles. The zero-order valence-corrected chi connectivity index (χ0v) is 20.0. The maximum atomic E-state index is 12.6. The maximum absolute atomic E-state index is 12.6. The summed E-state index contributed by atoms with van der Waals surface area (Å²) in [6.45, 7) is 2.15. The van der Waals surface area contributed by atoms with Crippen molar-refractivity contribution >= 4 is 45.2 Å². The molecule has 0 bridgehead atoms. The molecule has 3 aromatic rings. The summed E-state index contributed by atoms with van der Waals surface area (Å²) in [4.78, 5) is 14.8. The molecule has 0 atom stereocenters. The van der Waals surface area contributed by atoms with Crippen LogP contribution in [0.2, 0.25) is 5.02 Å². The number of ether oxygens (including phenoxy) is 2. The van der Waals surface area contributed by atoms with E-state index in [4.69, 9.17) is 21.1 Å². The van der Waals surface area contributed by atoms with E-state index in [0.29, 0.717) is 27.2 Å². The second-order valence-corrected chi connectivity index (χ2v) is 8.86. The number of benzene rings is 2. The number of amides is 1. The Morgan fingerprint density at radius 1 is 1.24 bits per heavy atom. The third-order valence-corrected chi connectivity index (χ3v) is 6.48. The summed E-state index contributed by atoms with van der Waals surface area (Å²) in [7, 11) is 1.52. The van der Waals surface area contributed by atoms with Crippen molar-refractivity contribution in [1.29, 1.82) is 5.26 Å². The fourth-order valence-electron chi connectivity index (χ4n) is 3.45. The van der Waals surface area contributed by atoms with Crippen molar-refractivity contribution < 1.29 is 14.3 Å². The summed E-state index contributed by atoms with van der Waals surface area (Å²) in [6.07, 6.45) is 3.73. The number of hydrogen-bond acceptors (Lipinski definition) is 8. The number of hydrogen-bond donors (Lipinski definition) is 1.